The average molecular weight is 392 g/mol. The van der Waals surface area contributed by atoms with E-state index in [1.165, 1.54) is 41.8 Å². The molecular weight excluding hydrogens is 358 g/mol. The first-order chi connectivity index (χ1) is 13.9. The fraction of sp³-hybridized carbons (Fsp3) is 0.560. The third kappa shape index (κ3) is 4.92. The van der Waals surface area contributed by atoms with Crippen LogP contribution in [0.15, 0.2) is 35.5 Å². The molecule has 0 N–H and O–H groups in total. The normalized spacial score (nSPS) is 20.3. The molecule has 0 spiro atoms. The Morgan fingerprint density at radius 3 is 2.62 bits per heavy atom. The van der Waals surface area contributed by atoms with Crippen molar-refractivity contribution in [2.75, 3.05) is 13.2 Å². The molecule has 2 aliphatic rings. The number of aryl methyl sites for hydroxylation is 1. The van der Waals surface area contributed by atoms with Crippen LogP contribution >= 0.6 is 0 Å². The number of aromatic nitrogens is 2. The lowest BCUT2D eigenvalue weighted by atomic mass is 9.75. The van der Waals surface area contributed by atoms with Gasteiger partial charge in [0.25, 0.3) is 0 Å². The Hall–Kier alpha value is -2.07. The van der Waals surface area contributed by atoms with Gasteiger partial charge in [-0.2, -0.15) is 0 Å². The summed E-state index contributed by atoms with van der Waals surface area (Å²) >= 11 is 0. The van der Waals surface area contributed by atoms with E-state index in [0.29, 0.717) is 5.92 Å². The van der Waals surface area contributed by atoms with E-state index in [1.54, 1.807) is 0 Å². The summed E-state index contributed by atoms with van der Waals surface area (Å²) in [4.78, 5) is 13.9. The summed E-state index contributed by atoms with van der Waals surface area (Å²) in [6.07, 6.45) is 7.38. The molecule has 0 radical (unpaired) electrons. The van der Waals surface area contributed by atoms with E-state index in [9.17, 15) is 0 Å². The number of ether oxygens (including phenoxy) is 1. The van der Waals surface area contributed by atoms with Crippen molar-refractivity contribution in [2.45, 2.75) is 65.7 Å². The van der Waals surface area contributed by atoms with Crippen LogP contribution in [0.3, 0.4) is 0 Å². The van der Waals surface area contributed by atoms with Gasteiger partial charge in [-0.05, 0) is 67.7 Å². The molecule has 4 nitrogen and oxygen atoms in total. The number of aliphatic imine (C=N–C) groups is 1. The minimum atomic E-state index is 0.103. The zero-order chi connectivity index (χ0) is 20.4. The second-order valence-corrected chi connectivity index (χ2v) is 9.67. The minimum Gasteiger partial charge on any atom is -0.381 e. The molecule has 4 rings (SSSR count). The van der Waals surface area contributed by atoms with Gasteiger partial charge in [0.15, 0.2) is 0 Å². The lowest BCUT2D eigenvalue weighted by molar-refractivity contribution is 0.0618. The van der Waals surface area contributed by atoms with Gasteiger partial charge in [0.2, 0.25) is 0 Å². The van der Waals surface area contributed by atoms with E-state index in [0.717, 1.165) is 43.5 Å². The summed E-state index contributed by atoms with van der Waals surface area (Å²) in [6, 6.07) is 8.88. The van der Waals surface area contributed by atoms with Crippen molar-refractivity contribution in [2.24, 2.45) is 16.3 Å². The van der Waals surface area contributed by atoms with Gasteiger partial charge in [0.05, 0.1) is 5.69 Å². The van der Waals surface area contributed by atoms with E-state index in [4.69, 9.17) is 9.73 Å². The molecule has 29 heavy (non-hydrogen) atoms. The summed E-state index contributed by atoms with van der Waals surface area (Å²) < 4.78 is 5.58. The van der Waals surface area contributed by atoms with Crippen LogP contribution in [-0.4, -0.2) is 28.9 Å². The van der Waals surface area contributed by atoms with Gasteiger partial charge in [-0.3, -0.25) is 4.99 Å². The molecule has 1 aromatic heterocycles. The quantitative estimate of drug-likeness (QED) is 0.662. The first kappa shape index (κ1) is 20.2. The number of fused-ring (bicyclic) bond motifs is 1. The predicted molar refractivity (Wildman–Crippen MR) is 118 cm³/mol. The highest BCUT2D eigenvalue weighted by Gasteiger charge is 2.31. The van der Waals surface area contributed by atoms with E-state index in [2.05, 4.69) is 48.9 Å². The molecule has 1 unspecified atom stereocenters. The Balaban J connectivity index is 1.62. The van der Waals surface area contributed by atoms with Crippen LogP contribution in [0.4, 0.5) is 5.69 Å². The second-order valence-electron chi connectivity index (χ2n) is 9.67. The van der Waals surface area contributed by atoms with E-state index < -0.39 is 0 Å². The van der Waals surface area contributed by atoms with Gasteiger partial charge in [0.1, 0.15) is 5.82 Å². The summed E-state index contributed by atoms with van der Waals surface area (Å²) in [7, 11) is 0. The molecule has 1 atom stereocenters. The lowest BCUT2D eigenvalue weighted by Crippen LogP contribution is -2.27. The number of nitrogens with zero attached hydrogens (tertiary/aromatic N) is 3. The summed E-state index contributed by atoms with van der Waals surface area (Å²) in [6.45, 7) is 10.6. The largest absolute Gasteiger partial charge is 0.381 e. The van der Waals surface area contributed by atoms with Crippen molar-refractivity contribution in [1.29, 1.82) is 0 Å². The highest BCUT2D eigenvalue weighted by atomic mass is 16.5. The summed E-state index contributed by atoms with van der Waals surface area (Å²) in [5, 5.41) is 0. The van der Waals surface area contributed by atoms with Gasteiger partial charge in [0, 0.05) is 42.7 Å². The topological polar surface area (TPSA) is 47.4 Å². The van der Waals surface area contributed by atoms with Crippen molar-refractivity contribution in [1.82, 2.24) is 9.97 Å². The fourth-order valence-electron chi connectivity index (χ4n) is 4.56. The number of benzene rings is 1. The Labute approximate surface area is 174 Å². The number of hydrogen-bond acceptors (Lipinski definition) is 4. The van der Waals surface area contributed by atoms with Crippen molar-refractivity contribution in [3.63, 3.8) is 0 Å². The molecule has 2 aliphatic heterocycles. The number of rotatable bonds is 4. The van der Waals surface area contributed by atoms with Crippen LogP contribution in [0.1, 0.15) is 75.0 Å². The highest BCUT2D eigenvalue weighted by Crippen LogP contribution is 2.43. The SMILES string of the molecule is Cc1nccc(Cc2ccc3c(c2)N=C(C(C)(C)C)CC3CC2CCOCC2)n1. The van der Waals surface area contributed by atoms with Crippen LogP contribution in [0.2, 0.25) is 0 Å². The van der Waals surface area contributed by atoms with Gasteiger partial charge < -0.3 is 4.74 Å². The molecule has 0 bridgehead atoms. The van der Waals surface area contributed by atoms with Crippen LogP contribution in [-0.2, 0) is 11.2 Å². The molecule has 154 valence electrons. The minimum absolute atomic E-state index is 0.103. The molecule has 0 aliphatic carbocycles. The molecule has 1 fully saturated rings. The molecule has 4 heteroatoms. The van der Waals surface area contributed by atoms with Gasteiger partial charge >= 0.3 is 0 Å². The van der Waals surface area contributed by atoms with Crippen molar-refractivity contribution >= 4 is 11.4 Å². The summed E-state index contributed by atoms with van der Waals surface area (Å²) in [5.74, 6) is 2.16. The standard InChI is InChI=1S/C25H33N3O/c1-17-26-10-7-21(27-17)14-19-5-6-22-20(13-18-8-11-29-12-9-18)16-24(25(2,3)4)28-23(22)15-19/h5-7,10,15,18,20H,8-9,11-14,16H2,1-4H3. The monoisotopic (exact) mass is 391 g/mol. The predicted octanol–water partition coefficient (Wildman–Crippen LogP) is 5.80. The van der Waals surface area contributed by atoms with Crippen molar-refractivity contribution < 1.29 is 4.74 Å². The van der Waals surface area contributed by atoms with Gasteiger partial charge in [-0.15, -0.1) is 0 Å². The van der Waals surface area contributed by atoms with E-state index in [-0.39, 0.29) is 5.41 Å². The van der Waals surface area contributed by atoms with Crippen LogP contribution in [0.5, 0.6) is 0 Å². The maximum Gasteiger partial charge on any atom is 0.125 e. The first-order valence-electron chi connectivity index (χ1n) is 11.0. The Kier molecular flexibility index (Phi) is 5.82. The van der Waals surface area contributed by atoms with E-state index in [1.807, 2.05) is 19.2 Å². The lowest BCUT2D eigenvalue weighted by Gasteiger charge is -2.34. The average Bonchev–Trinajstić information content (AvgIpc) is 2.68. The van der Waals surface area contributed by atoms with Crippen LogP contribution in [0, 0.1) is 18.3 Å². The third-order valence-corrected chi connectivity index (χ3v) is 6.27. The molecule has 1 saturated heterocycles. The first-order valence-corrected chi connectivity index (χ1v) is 11.0. The Morgan fingerprint density at radius 2 is 1.90 bits per heavy atom. The van der Waals surface area contributed by atoms with Gasteiger partial charge in [-0.1, -0.05) is 32.9 Å². The zero-order valence-corrected chi connectivity index (χ0v) is 18.2. The molecule has 0 saturated carbocycles. The Bertz CT molecular complexity index is 891. The maximum absolute atomic E-state index is 5.58. The molecule has 1 aromatic carbocycles. The fourth-order valence-corrected chi connectivity index (χ4v) is 4.56. The molecule has 2 aromatic rings. The van der Waals surface area contributed by atoms with Crippen LogP contribution in [0.25, 0.3) is 0 Å². The maximum atomic E-state index is 5.58. The number of hydrogen-bond donors (Lipinski definition) is 0. The molecule has 0 amide bonds. The highest BCUT2D eigenvalue weighted by molar-refractivity contribution is 5.94. The zero-order valence-electron chi connectivity index (χ0n) is 18.2. The summed E-state index contributed by atoms with van der Waals surface area (Å²) in [5.41, 5.74) is 6.36. The Morgan fingerprint density at radius 1 is 1.10 bits per heavy atom. The molecular formula is C25H33N3O. The van der Waals surface area contributed by atoms with Crippen molar-refractivity contribution in [3.05, 3.63) is 53.1 Å². The van der Waals surface area contributed by atoms with Crippen LogP contribution < -0.4 is 0 Å². The second kappa shape index (κ2) is 8.35. The van der Waals surface area contributed by atoms with Gasteiger partial charge in [-0.25, -0.2) is 9.97 Å². The van der Waals surface area contributed by atoms with Crippen molar-refractivity contribution in [3.8, 4) is 0 Å². The molecule has 3 heterocycles. The smallest absolute Gasteiger partial charge is 0.125 e. The third-order valence-electron chi connectivity index (χ3n) is 6.27. The van der Waals surface area contributed by atoms with E-state index >= 15 is 0 Å².